The Morgan fingerprint density at radius 2 is 2.32 bits per heavy atom. The SMILES string of the molecule is O=C(NCC1CCCO1)Nc1c[nH]c2c(Cl)cccc2c1=O. The number of hydrogen-bond donors (Lipinski definition) is 3. The van der Waals surface area contributed by atoms with Gasteiger partial charge >= 0.3 is 6.03 Å². The van der Waals surface area contributed by atoms with Gasteiger partial charge in [-0.1, -0.05) is 17.7 Å². The highest BCUT2D eigenvalue weighted by Crippen LogP contribution is 2.19. The van der Waals surface area contributed by atoms with Gasteiger partial charge in [-0.05, 0) is 25.0 Å². The highest BCUT2D eigenvalue weighted by molar-refractivity contribution is 6.35. The van der Waals surface area contributed by atoms with Crippen molar-refractivity contribution in [1.82, 2.24) is 10.3 Å². The van der Waals surface area contributed by atoms with Crippen LogP contribution in [0.5, 0.6) is 0 Å². The third-order valence-corrected chi connectivity index (χ3v) is 3.94. The molecule has 0 aliphatic carbocycles. The van der Waals surface area contributed by atoms with Gasteiger partial charge in [-0.25, -0.2) is 4.79 Å². The van der Waals surface area contributed by atoms with Crippen LogP contribution >= 0.6 is 11.6 Å². The molecule has 0 radical (unpaired) electrons. The van der Waals surface area contributed by atoms with Crippen LogP contribution in [-0.4, -0.2) is 30.3 Å². The van der Waals surface area contributed by atoms with Crippen LogP contribution in [0.1, 0.15) is 12.8 Å². The third-order valence-electron chi connectivity index (χ3n) is 3.63. The van der Waals surface area contributed by atoms with E-state index in [1.165, 1.54) is 6.20 Å². The third kappa shape index (κ3) is 3.08. The molecule has 1 aromatic carbocycles. The van der Waals surface area contributed by atoms with Crippen molar-refractivity contribution in [3.8, 4) is 0 Å². The number of para-hydroxylation sites is 1. The fourth-order valence-corrected chi connectivity index (χ4v) is 2.72. The molecule has 1 unspecified atom stereocenters. The number of rotatable bonds is 3. The van der Waals surface area contributed by atoms with Crippen LogP contribution in [0.15, 0.2) is 29.2 Å². The number of benzene rings is 1. The Hall–Kier alpha value is -2.05. The topological polar surface area (TPSA) is 83.2 Å². The summed E-state index contributed by atoms with van der Waals surface area (Å²) < 4.78 is 5.42. The maximum atomic E-state index is 12.3. The fourth-order valence-electron chi connectivity index (χ4n) is 2.49. The zero-order chi connectivity index (χ0) is 15.5. The smallest absolute Gasteiger partial charge is 0.319 e. The first-order valence-electron chi connectivity index (χ1n) is 7.11. The lowest BCUT2D eigenvalue weighted by molar-refractivity contribution is 0.112. The zero-order valence-electron chi connectivity index (χ0n) is 11.8. The molecule has 3 N–H and O–H groups in total. The van der Waals surface area contributed by atoms with Crippen molar-refractivity contribution in [2.45, 2.75) is 18.9 Å². The molecule has 7 heteroatoms. The Labute approximate surface area is 131 Å². The molecule has 1 aliphatic heterocycles. The van der Waals surface area contributed by atoms with Gasteiger partial charge in [0.1, 0.15) is 5.69 Å². The maximum Gasteiger partial charge on any atom is 0.319 e. The van der Waals surface area contributed by atoms with Gasteiger partial charge in [-0.15, -0.1) is 0 Å². The summed E-state index contributed by atoms with van der Waals surface area (Å²) in [7, 11) is 0. The molecule has 1 atom stereocenters. The number of pyridine rings is 1. The van der Waals surface area contributed by atoms with Crippen molar-refractivity contribution < 1.29 is 9.53 Å². The standard InChI is InChI=1S/C15H16ClN3O3/c16-11-5-1-4-10-13(11)17-8-12(14(10)20)19-15(21)18-7-9-3-2-6-22-9/h1,4-5,8-9H,2-3,6-7H2,(H,17,20)(H2,18,19,21). The summed E-state index contributed by atoms with van der Waals surface area (Å²) in [6.45, 7) is 1.17. The molecule has 6 nitrogen and oxygen atoms in total. The molecule has 116 valence electrons. The van der Waals surface area contributed by atoms with E-state index in [1.807, 2.05) is 0 Å². The number of anilines is 1. The van der Waals surface area contributed by atoms with Crippen molar-refractivity contribution in [2.75, 3.05) is 18.5 Å². The normalized spacial score (nSPS) is 17.6. The fraction of sp³-hybridized carbons (Fsp3) is 0.333. The number of fused-ring (bicyclic) bond motifs is 1. The molecule has 22 heavy (non-hydrogen) atoms. The maximum absolute atomic E-state index is 12.3. The number of carbonyl (C=O) groups is 1. The first-order chi connectivity index (χ1) is 10.6. The van der Waals surface area contributed by atoms with Gasteiger partial charge in [-0.3, -0.25) is 4.79 Å². The van der Waals surface area contributed by atoms with Crippen LogP contribution in [0.25, 0.3) is 10.9 Å². The van der Waals surface area contributed by atoms with Crippen molar-refractivity contribution in [2.24, 2.45) is 0 Å². The van der Waals surface area contributed by atoms with Crippen LogP contribution < -0.4 is 16.1 Å². The number of carbonyl (C=O) groups excluding carboxylic acids is 1. The number of aromatic amines is 1. The number of urea groups is 1. The van der Waals surface area contributed by atoms with Crippen LogP contribution in [0.4, 0.5) is 10.5 Å². The molecule has 0 saturated carbocycles. The molecule has 2 amide bonds. The van der Waals surface area contributed by atoms with E-state index in [1.54, 1.807) is 18.2 Å². The molecule has 0 bridgehead atoms. The van der Waals surface area contributed by atoms with Crippen molar-refractivity contribution >= 4 is 34.2 Å². The molecular formula is C15H16ClN3O3. The van der Waals surface area contributed by atoms with E-state index in [-0.39, 0.29) is 17.2 Å². The minimum atomic E-state index is -0.428. The number of ether oxygens (including phenoxy) is 1. The van der Waals surface area contributed by atoms with Crippen LogP contribution in [-0.2, 0) is 4.74 Å². The second-order valence-electron chi connectivity index (χ2n) is 5.16. The monoisotopic (exact) mass is 321 g/mol. The number of hydrogen-bond acceptors (Lipinski definition) is 3. The number of H-pyrrole nitrogens is 1. The minimum Gasteiger partial charge on any atom is -0.376 e. The van der Waals surface area contributed by atoms with Gasteiger partial charge in [-0.2, -0.15) is 0 Å². The Morgan fingerprint density at radius 3 is 3.09 bits per heavy atom. The molecule has 1 aromatic heterocycles. The van der Waals surface area contributed by atoms with E-state index in [0.29, 0.717) is 22.5 Å². The Bertz CT molecular complexity index is 753. The Morgan fingerprint density at radius 1 is 1.45 bits per heavy atom. The lowest BCUT2D eigenvalue weighted by Crippen LogP contribution is -2.36. The molecule has 0 spiro atoms. The summed E-state index contributed by atoms with van der Waals surface area (Å²) >= 11 is 6.03. The second-order valence-corrected chi connectivity index (χ2v) is 5.57. The molecule has 2 heterocycles. The van der Waals surface area contributed by atoms with Crippen LogP contribution in [0.2, 0.25) is 5.02 Å². The van der Waals surface area contributed by atoms with E-state index >= 15 is 0 Å². The summed E-state index contributed by atoms with van der Waals surface area (Å²) in [5, 5.41) is 6.16. The summed E-state index contributed by atoms with van der Waals surface area (Å²) in [5.41, 5.74) is 0.461. The number of halogens is 1. The van der Waals surface area contributed by atoms with Gasteiger partial charge in [0, 0.05) is 24.7 Å². The number of amides is 2. The van der Waals surface area contributed by atoms with Crippen molar-refractivity contribution in [3.05, 3.63) is 39.6 Å². The molecule has 2 aromatic rings. The molecule has 1 saturated heterocycles. The van der Waals surface area contributed by atoms with Crippen LogP contribution in [0, 0.1) is 0 Å². The summed E-state index contributed by atoms with van der Waals surface area (Å²) in [6.07, 6.45) is 3.45. The Kier molecular flexibility index (Phi) is 4.31. The zero-order valence-corrected chi connectivity index (χ0v) is 12.6. The highest BCUT2D eigenvalue weighted by Gasteiger charge is 2.16. The van der Waals surface area contributed by atoms with Gasteiger partial charge in [0.2, 0.25) is 5.43 Å². The van der Waals surface area contributed by atoms with Crippen molar-refractivity contribution in [1.29, 1.82) is 0 Å². The average molecular weight is 322 g/mol. The summed E-state index contributed by atoms with van der Waals surface area (Å²) in [6, 6.07) is 4.63. The van der Waals surface area contributed by atoms with E-state index in [9.17, 15) is 9.59 Å². The molecular weight excluding hydrogens is 306 g/mol. The number of nitrogens with one attached hydrogen (secondary N) is 3. The Balaban J connectivity index is 1.72. The second kappa shape index (κ2) is 6.37. The quantitative estimate of drug-likeness (QED) is 0.812. The lowest BCUT2D eigenvalue weighted by Gasteiger charge is -2.11. The van der Waals surface area contributed by atoms with Gasteiger partial charge in [0.05, 0.1) is 16.6 Å². The largest absolute Gasteiger partial charge is 0.376 e. The lowest BCUT2D eigenvalue weighted by atomic mass is 10.2. The average Bonchev–Trinajstić information content (AvgIpc) is 3.02. The summed E-state index contributed by atoms with van der Waals surface area (Å²) in [4.78, 5) is 27.1. The number of aromatic nitrogens is 1. The van der Waals surface area contributed by atoms with Crippen molar-refractivity contribution in [3.63, 3.8) is 0 Å². The molecule has 1 aliphatic rings. The minimum absolute atomic E-state index is 0.0550. The van der Waals surface area contributed by atoms with E-state index in [2.05, 4.69) is 15.6 Å². The molecule has 1 fully saturated rings. The molecule has 3 rings (SSSR count). The van der Waals surface area contributed by atoms with E-state index in [0.717, 1.165) is 19.4 Å². The first kappa shape index (κ1) is 14.9. The summed E-state index contributed by atoms with van der Waals surface area (Å²) in [5.74, 6) is 0. The predicted octanol–water partition coefficient (Wildman–Crippen LogP) is 2.48. The van der Waals surface area contributed by atoms with Gasteiger partial charge in [0.25, 0.3) is 0 Å². The van der Waals surface area contributed by atoms with E-state index in [4.69, 9.17) is 16.3 Å². The van der Waals surface area contributed by atoms with E-state index < -0.39 is 6.03 Å². The predicted molar refractivity (Wildman–Crippen MR) is 85.6 cm³/mol. The van der Waals surface area contributed by atoms with Gasteiger partial charge < -0.3 is 20.4 Å². The van der Waals surface area contributed by atoms with Gasteiger partial charge in [0.15, 0.2) is 0 Å². The first-order valence-corrected chi connectivity index (χ1v) is 7.49. The highest BCUT2D eigenvalue weighted by atomic mass is 35.5. The van der Waals surface area contributed by atoms with Crippen LogP contribution in [0.3, 0.4) is 0 Å².